The highest BCUT2D eigenvalue weighted by atomic mass is 16.4. The fourth-order valence-corrected chi connectivity index (χ4v) is 0.746. The van der Waals surface area contributed by atoms with Crippen LogP contribution < -0.4 is 5.32 Å². The van der Waals surface area contributed by atoms with Gasteiger partial charge in [0.25, 0.3) is 0 Å². The first-order valence-corrected chi connectivity index (χ1v) is 3.10. The number of carboxylic acid groups (broad SMARTS) is 1. The highest BCUT2D eigenvalue weighted by Gasteiger charge is 2.20. The summed E-state index contributed by atoms with van der Waals surface area (Å²) in [5, 5.41) is 11.0. The number of nitrogens with one attached hydrogen (secondary N) is 1. The number of likely N-dealkylation sites (N-methyl/N-ethyl adjacent to an activating group) is 1. The van der Waals surface area contributed by atoms with Crippen molar-refractivity contribution in [2.45, 2.75) is 13.0 Å². The maximum Gasteiger partial charge on any atom is 0.333 e. The maximum absolute atomic E-state index is 10.7. The zero-order valence-electron chi connectivity index (χ0n) is 6.55. The van der Waals surface area contributed by atoms with Crippen molar-refractivity contribution >= 4 is 11.8 Å². The van der Waals surface area contributed by atoms with Gasteiger partial charge in [-0.1, -0.05) is 6.58 Å². The minimum atomic E-state index is -1.15. The van der Waals surface area contributed by atoms with Crippen molar-refractivity contribution in [3.05, 3.63) is 12.2 Å². The third-order valence-electron chi connectivity index (χ3n) is 1.32. The fourth-order valence-electron chi connectivity index (χ4n) is 0.746. The number of ketones is 1. The molecule has 0 saturated carbocycles. The zero-order chi connectivity index (χ0) is 9.02. The lowest BCUT2D eigenvalue weighted by molar-refractivity contribution is -0.134. The van der Waals surface area contributed by atoms with E-state index in [4.69, 9.17) is 5.11 Å². The van der Waals surface area contributed by atoms with Crippen LogP contribution in [0.4, 0.5) is 0 Å². The van der Waals surface area contributed by atoms with Gasteiger partial charge in [0.05, 0.1) is 11.6 Å². The topological polar surface area (TPSA) is 66.4 Å². The average molecular weight is 157 g/mol. The molecule has 0 rings (SSSR count). The van der Waals surface area contributed by atoms with E-state index in [9.17, 15) is 9.59 Å². The summed E-state index contributed by atoms with van der Waals surface area (Å²) in [5.41, 5.74) is -0.125. The Hall–Kier alpha value is -1.16. The number of aliphatic carboxylic acids is 1. The van der Waals surface area contributed by atoms with Crippen LogP contribution in [0.25, 0.3) is 0 Å². The van der Waals surface area contributed by atoms with Gasteiger partial charge in [-0.2, -0.15) is 0 Å². The number of Topliss-reactive ketones (excluding diaryl/α,β-unsaturated/α-hetero) is 1. The van der Waals surface area contributed by atoms with Gasteiger partial charge in [0, 0.05) is 0 Å². The van der Waals surface area contributed by atoms with Gasteiger partial charge in [0.15, 0.2) is 5.78 Å². The molecule has 0 aromatic rings. The summed E-state index contributed by atoms with van der Waals surface area (Å²) < 4.78 is 0. The monoisotopic (exact) mass is 157 g/mol. The Labute approximate surface area is 64.9 Å². The van der Waals surface area contributed by atoms with E-state index in [1.54, 1.807) is 0 Å². The quantitative estimate of drug-likeness (QED) is 0.555. The fraction of sp³-hybridized carbons (Fsp3) is 0.429. The van der Waals surface area contributed by atoms with Gasteiger partial charge in [0.1, 0.15) is 0 Å². The van der Waals surface area contributed by atoms with Gasteiger partial charge in [-0.15, -0.1) is 0 Å². The molecule has 2 N–H and O–H groups in total. The minimum absolute atomic E-state index is 0.125. The van der Waals surface area contributed by atoms with Crippen LogP contribution in [0.15, 0.2) is 12.2 Å². The number of carbonyl (C=O) groups excluding carboxylic acids is 1. The van der Waals surface area contributed by atoms with Crippen LogP contribution in [0.3, 0.4) is 0 Å². The third-order valence-corrected chi connectivity index (χ3v) is 1.32. The van der Waals surface area contributed by atoms with Gasteiger partial charge in [0.2, 0.25) is 0 Å². The molecule has 0 aromatic carbocycles. The summed E-state index contributed by atoms with van der Waals surface area (Å²) in [6.07, 6.45) is 0. The molecule has 0 aromatic heterocycles. The highest BCUT2D eigenvalue weighted by molar-refractivity contribution is 5.97. The van der Waals surface area contributed by atoms with Gasteiger partial charge in [-0.25, -0.2) is 4.79 Å². The zero-order valence-corrected chi connectivity index (χ0v) is 6.55. The molecule has 0 fully saturated rings. The Bertz CT molecular complexity index is 198. The molecular weight excluding hydrogens is 146 g/mol. The predicted octanol–water partition coefficient (Wildman–Crippen LogP) is -0.196. The lowest BCUT2D eigenvalue weighted by Gasteiger charge is -2.11. The molecule has 0 amide bonds. The summed E-state index contributed by atoms with van der Waals surface area (Å²) in [6, 6.07) is -0.771. The first-order valence-electron chi connectivity index (χ1n) is 3.10. The Morgan fingerprint density at radius 2 is 2.00 bits per heavy atom. The second-order valence-electron chi connectivity index (χ2n) is 2.16. The lowest BCUT2D eigenvalue weighted by Crippen LogP contribution is -2.36. The third kappa shape index (κ3) is 2.51. The Balaban J connectivity index is 4.39. The Kier molecular flexibility index (Phi) is 3.47. The molecule has 0 saturated heterocycles. The van der Waals surface area contributed by atoms with E-state index in [0.717, 1.165) is 0 Å². The number of hydrogen-bond acceptors (Lipinski definition) is 3. The standard InChI is InChI=1S/C7H11NO3/c1-4(7(10)11)6(8-3)5(2)9/h6,8H,1H2,2-3H3,(H,10,11)/t6-/m0/s1. The van der Waals surface area contributed by atoms with E-state index in [1.807, 2.05) is 0 Å². The van der Waals surface area contributed by atoms with E-state index < -0.39 is 12.0 Å². The van der Waals surface area contributed by atoms with Crippen LogP contribution in [-0.4, -0.2) is 29.9 Å². The predicted molar refractivity (Wildman–Crippen MR) is 40.3 cm³/mol. The molecule has 0 aliphatic heterocycles. The van der Waals surface area contributed by atoms with Gasteiger partial charge in [-0.3, -0.25) is 4.79 Å². The van der Waals surface area contributed by atoms with Crippen LogP contribution >= 0.6 is 0 Å². The van der Waals surface area contributed by atoms with Crippen molar-refractivity contribution in [2.75, 3.05) is 7.05 Å². The molecule has 0 aliphatic carbocycles. The molecule has 0 bridgehead atoms. The van der Waals surface area contributed by atoms with Crippen LogP contribution in [0.1, 0.15) is 6.92 Å². The largest absolute Gasteiger partial charge is 0.478 e. The van der Waals surface area contributed by atoms with E-state index >= 15 is 0 Å². The average Bonchev–Trinajstić information content (AvgIpc) is 1.88. The highest BCUT2D eigenvalue weighted by Crippen LogP contribution is 1.99. The number of carbonyl (C=O) groups is 2. The maximum atomic E-state index is 10.7. The second-order valence-corrected chi connectivity index (χ2v) is 2.16. The van der Waals surface area contributed by atoms with Crippen molar-refractivity contribution in [1.29, 1.82) is 0 Å². The van der Waals surface area contributed by atoms with Gasteiger partial charge < -0.3 is 10.4 Å². The second kappa shape index (κ2) is 3.88. The number of hydrogen-bond donors (Lipinski definition) is 2. The molecule has 0 aliphatic rings. The molecule has 0 heterocycles. The van der Waals surface area contributed by atoms with E-state index in [1.165, 1.54) is 14.0 Å². The molecule has 1 atom stereocenters. The Morgan fingerprint density at radius 1 is 1.55 bits per heavy atom. The van der Waals surface area contributed by atoms with Crippen molar-refractivity contribution in [3.63, 3.8) is 0 Å². The molecular formula is C7H11NO3. The summed E-state index contributed by atoms with van der Waals surface area (Å²) in [4.78, 5) is 21.0. The summed E-state index contributed by atoms with van der Waals surface area (Å²) in [5.74, 6) is -1.40. The van der Waals surface area contributed by atoms with Crippen molar-refractivity contribution in [1.82, 2.24) is 5.32 Å². The van der Waals surface area contributed by atoms with Crippen LogP contribution in [0.2, 0.25) is 0 Å². The van der Waals surface area contributed by atoms with Crippen molar-refractivity contribution in [2.24, 2.45) is 0 Å². The van der Waals surface area contributed by atoms with E-state index in [-0.39, 0.29) is 11.4 Å². The van der Waals surface area contributed by atoms with E-state index in [2.05, 4.69) is 11.9 Å². The van der Waals surface area contributed by atoms with Gasteiger partial charge in [-0.05, 0) is 14.0 Å². The first-order chi connectivity index (χ1) is 5.00. The minimum Gasteiger partial charge on any atom is -0.478 e. The smallest absolute Gasteiger partial charge is 0.333 e. The summed E-state index contributed by atoms with van der Waals surface area (Å²) in [7, 11) is 1.51. The normalized spacial score (nSPS) is 12.2. The molecule has 62 valence electrons. The van der Waals surface area contributed by atoms with Gasteiger partial charge >= 0.3 is 5.97 Å². The molecule has 0 radical (unpaired) electrons. The molecule has 4 nitrogen and oxygen atoms in total. The number of carboxylic acids is 1. The van der Waals surface area contributed by atoms with Crippen LogP contribution in [0.5, 0.6) is 0 Å². The van der Waals surface area contributed by atoms with Crippen molar-refractivity contribution < 1.29 is 14.7 Å². The number of rotatable bonds is 4. The summed E-state index contributed by atoms with van der Waals surface area (Å²) in [6.45, 7) is 4.58. The lowest BCUT2D eigenvalue weighted by atomic mass is 10.1. The molecule has 0 spiro atoms. The van der Waals surface area contributed by atoms with Crippen molar-refractivity contribution in [3.8, 4) is 0 Å². The van der Waals surface area contributed by atoms with Crippen LogP contribution in [0, 0.1) is 0 Å². The Morgan fingerprint density at radius 3 is 2.09 bits per heavy atom. The summed E-state index contributed by atoms with van der Waals surface area (Å²) >= 11 is 0. The first kappa shape index (κ1) is 9.84. The van der Waals surface area contributed by atoms with E-state index in [0.29, 0.717) is 0 Å². The SMILES string of the molecule is C=C(C(=O)O)[C@H](NC)C(C)=O. The molecule has 11 heavy (non-hydrogen) atoms. The molecule has 4 heteroatoms. The molecule has 0 unspecified atom stereocenters. The van der Waals surface area contributed by atoms with Crippen LogP contribution in [-0.2, 0) is 9.59 Å².